The van der Waals surface area contributed by atoms with Gasteiger partial charge in [-0.2, -0.15) is 0 Å². The fraction of sp³-hybridized carbons (Fsp3) is 0. The summed E-state index contributed by atoms with van der Waals surface area (Å²) in [6.07, 6.45) is 0. The summed E-state index contributed by atoms with van der Waals surface area (Å²) in [5, 5.41) is -2.43. The fourth-order valence-corrected chi connectivity index (χ4v) is 5.49. The van der Waals surface area contributed by atoms with Crippen LogP contribution in [0.5, 0.6) is 0 Å². The Balaban J connectivity index is 1.48. The van der Waals surface area contributed by atoms with Gasteiger partial charge in [-0.15, -0.1) is 0 Å². The average Bonchev–Trinajstić information content (AvgIpc) is 4.21. The third kappa shape index (κ3) is 4.52. The molecule has 0 N–H and O–H groups in total. The standard InChI is InChI=1S/C45H28N4O/c1-4-14-29(15-5-1)32-26-27-35-40(28-32)50-39-25-13-24-38(41(35)39)49-37-23-11-10-20-33(37)34-21-12-22-36(42(34)49)45-47-43(30-16-6-2-7-17-30)46-44(48-45)31-18-8-3-9-19-31/h1-28H/i1D,2D,3D,4D,5D,6D,7D,8D,9D,10D,11D,12D,13D,14D,15D,16D,17D,18D,19D,20D,21D,22D,23D,24D,25D,26D,27D,28D. The fourth-order valence-electron chi connectivity index (χ4n) is 5.49. The predicted molar refractivity (Wildman–Crippen MR) is 203 cm³/mol. The summed E-state index contributed by atoms with van der Waals surface area (Å²) in [6.45, 7) is 0. The number of hydrogen-bond acceptors (Lipinski definition) is 4. The Kier molecular flexibility index (Phi) is 2.72. The van der Waals surface area contributed by atoms with E-state index in [-0.39, 0.29) is 0 Å². The molecule has 5 nitrogen and oxygen atoms in total. The second kappa shape index (κ2) is 11.4. The first-order valence-electron chi connectivity index (χ1n) is 28.4. The van der Waals surface area contributed by atoms with Crippen molar-refractivity contribution in [1.29, 1.82) is 0 Å². The second-order valence-electron chi connectivity index (χ2n) is 10.3. The highest BCUT2D eigenvalue weighted by atomic mass is 16.3. The number of aromatic nitrogens is 4. The van der Waals surface area contributed by atoms with Gasteiger partial charge in [0.05, 0.1) is 60.5 Å². The first-order valence-corrected chi connectivity index (χ1v) is 14.4. The molecule has 3 aromatic heterocycles. The van der Waals surface area contributed by atoms with Crippen LogP contribution in [0.2, 0.25) is 0 Å². The molecule has 0 aliphatic heterocycles. The summed E-state index contributed by atoms with van der Waals surface area (Å²) in [6, 6.07) is -25.8. The minimum atomic E-state index is -1.04. The van der Waals surface area contributed by atoms with Crippen LogP contribution in [0.1, 0.15) is 38.4 Å². The maximum atomic E-state index is 9.60. The summed E-state index contributed by atoms with van der Waals surface area (Å²) < 4.78 is 255. The van der Waals surface area contributed by atoms with Gasteiger partial charge in [0.2, 0.25) is 0 Å². The minimum Gasteiger partial charge on any atom is -0.456 e. The Morgan fingerprint density at radius 3 is 1.76 bits per heavy atom. The van der Waals surface area contributed by atoms with E-state index in [0.717, 1.165) is 4.57 Å². The molecule has 0 atom stereocenters. The van der Waals surface area contributed by atoms with Crippen LogP contribution in [-0.2, 0) is 0 Å². The van der Waals surface area contributed by atoms with Crippen molar-refractivity contribution in [3.63, 3.8) is 0 Å². The molecule has 234 valence electrons. The number of fused-ring (bicyclic) bond motifs is 6. The van der Waals surface area contributed by atoms with Crippen LogP contribution in [0.4, 0.5) is 0 Å². The van der Waals surface area contributed by atoms with Crippen molar-refractivity contribution >= 4 is 43.7 Å². The molecule has 5 heteroatoms. The van der Waals surface area contributed by atoms with Gasteiger partial charge in [0.1, 0.15) is 11.2 Å². The maximum Gasteiger partial charge on any atom is 0.166 e. The molecule has 0 saturated carbocycles. The van der Waals surface area contributed by atoms with Crippen molar-refractivity contribution in [2.24, 2.45) is 0 Å². The first kappa shape index (κ1) is 11.9. The van der Waals surface area contributed by atoms with E-state index in [1.807, 2.05) is 0 Å². The van der Waals surface area contributed by atoms with Gasteiger partial charge in [0.25, 0.3) is 0 Å². The molecule has 3 heterocycles. The smallest absolute Gasteiger partial charge is 0.166 e. The van der Waals surface area contributed by atoms with Gasteiger partial charge in [0.15, 0.2) is 17.5 Å². The minimum absolute atomic E-state index is 0.597. The molecule has 0 radical (unpaired) electrons. The summed E-state index contributed by atoms with van der Waals surface area (Å²) in [5.41, 5.74) is -7.31. The number of para-hydroxylation sites is 2. The van der Waals surface area contributed by atoms with Gasteiger partial charge in [-0.25, -0.2) is 15.0 Å². The van der Waals surface area contributed by atoms with Crippen molar-refractivity contribution in [3.8, 4) is 51.0 Å². The Morgan fingerprint density at radius 1 is 0.440 bits per heavy atom. The van der Waals surface area contributed by atoms with Crippen molar-refractivity contribution in [2.75, 3.05) is 0 Å². The molecule has 0 saturated heterocycles. The third-order valence-corrected chi connectivity index (χ3v) is 7.55. The first-order chi connectivity index (χ1) is 36.4. The topological polar surface area (TPSA) is 56.7 Å². The summed E-state index contributed by atoms with van der Waals surface area (Å²) in [4.78, 5) is 13.1. The molecule has 10 rings (SSSR count). The third-order valence-electron chi connectivity index (χ3n) is 7.55. The van der Waals surface area contributed by atoms with Crippen molar-refractivity contribution in [2.45, 2.75) is 0 Å². The molecule has 50 heavy (non-hydrogen) atoms. The van der Waals surface area contributed by atoms with E-state index in [2.05, 4.69) is 15.0 Å². The van der Waals surface area contributed by atoms with Gasteiger partial charge in [0, 0.05) is 32.8 Å². The highest BCUT2D eigenvalue weighted by Gasteiger charge is 2.22. The van der Waals surface area contributed by atoms with Crippen LogP contribution in [0.3, 0.4) is 0 Å². The molecule has 10 aromatic rings. The molecule has 0 fully saturated rings. The van der Waals surface area contributed by atoms with Gasteiger partial charge < -0.3 is 8.98 Å². The van der Waals surface area contributed by atoms with E-state index >= 15 is 0 Å². The molecular weight excluding hydrogens is 613 g/mol. The number of benzene rings is 7. The van der Waals surface area contributed by atoms with E-state index in [1.165, 1.54) is 0 Å². The van der Waals surface area contributed by atoms with E-state index in [9.17, 15) is 11.0 Å². The van der Waals surface area contributed by atoms with E-state index in [4.69, 9.17) is 31.8 Å². The largest absolute Gasteiger partial charge is 0.456 e. The quantitative estimate of drug-likeness (QED) is 0.183. The Hall–Kier alpha value is -6.85. The highest BCUT2D eigenvalue weighted by Crippen LogP contribution is 2.42. The van der Waals surface area contributed by atoms with E-state index in [0.29, 0.717) is 0 Å². The van der Waals surface area contributed by atoms with Crippen LogP contribution in [0, 0.1) is 0 Å². The molecule has 0 spiro atoms. The van der Waals surface area contributed by atoms with Crippen LogP contribution >= 0.6 is 0 Å². The Morgan fingerprint density at radius 2 is 1.04 bits per heavy atom. The lowest BCUT2D eigenvalue weighted by Gasteiger charge is -2.13. The summed E-state index contributed by atoms with van der Waals surface area (Å²) in [7, 11) is 0. The monoisotopic (exact) mass is 668 g/mol. The van der Waals surface area contributed by atoms with Crippen molar-refractivity contribution in [3.05, 3.63) is 169 Å². The number of furan rings is 1. The molecule has 0 aliphatic rings. The lowest BCUT2D eigenvalue weighted by Crippen LogP contribution is -2.02. The van der Waals surface area contributed by atoms with Gasteiger partial charge in [-0.3, -0.25) is 0 Å². The number of rotatable bonds is 5. The van der Waals surface area contributed by atoms with E-state index in [1.54, 1.807) is 0 Å². The van der Waals surface area contributed by atoms with Crippen LogP contribution < -0.4 is 0 Å². The van der Waals surface area contributed by atoms with Crippen LogP contribution in [-0.4, -0.2) is 19.5 Å². The Labute approximate surface area is 327 Å². The van der Waals surface area contributed by atoms with Gasteiger partial charge >= 0.3 is 0 Å². The number of hydrogen-bond donors (Lipinski definition) is 0. The zero-order chi connectivity index (χ0) is 57.4. The van der Waals surface area contributed by atoms with Crippen LogP contribution in [0.15, 0.2) is 174 Å². The Bertz CT molecular complexity index is 4320. The highest BCUT2D eigenvalue weighted by molar-refractivity contribution is 6.17. The predicted octanol–water partition coefficient (Wildman–Crippen LogP) is 11.5. The van der Waals surface area contributed by atoms with E-state index < -0.39 is 264 Å². The van der Waals surface area contributed by atoms with Gasteiger partial charge in [-0.1, -0.05) is 133 Å². The van der Waals surface area contributed by atoms with Crippen molar-refractivity contribution in [1.82, 2.24) is 19.5 Å². The molecular formula is C45H28N4O. The van der Waals surface area contributed by atoms with Crippen molar-refractivity contribution < 1.29 is 42.8 Å². The summed E-state index contributed by atoms with van der Waals surface area (Å²) >= 11 is 0. The molecule has 7 aromatic carbocycles. The average molecular weight is 669 g/mol. The zero-order valence-corrected chi connectivity index (χ0v) is 24.7. The molecule has 0 aliphatic carbocycles. The number of nitrogens with zero attached hydrogens (tertiary/aromatic N) is 4. The normalized spacial score (nSPS) is 19.4. The molecule has 0 amide bonds. The lowest BCUT2D eigenvalue weighted by molar-refractivity contribution is 0.669. The second-order valence-corrected chi connectivity index (χ2v) is 10.3. The molecule has 0 unspecified atom stereocenters. The molecule has 0 bridgehead atoms. The lowest BCUT2D eigenvalue weighted by atomic mass is 10.0. The zero-order valence-electron chi connectivity index (χ0n) is 52.7. The maximum absolute atomic E-state index is 9.60. The SMILES string of the molecule is [2H]c1c([2H])c([2H])c(-c2nc(-c3c([2H])c([2H])c([2H])c([2H])c3[2H])nc(-c3c([2H])c([2H])c([2H])c4c5c([2H])c([2H])c([2H])c([2H])c5n(-c5c([2H])c([2H])c([2H])c6oc7c([2H])c(-c8c([2H])c([2H])c([2H])c([2H])c8[2H])c([2H])c([2H])c7c56)c34)n2)c([2H])c1[2H]. The van der Waals surface area contributed by atoms with Crippen LogP contribution in [0.25, 0.3) is 94.7 Å². The summed E-state index contributed by atoms with van der Waals surface area (Å²) in [5.74, 6) is -2.64. The van der Waals surface area contributed by atoms with Gasteiger partial charge in [-0.05, 0) is 47.4 Å².